The van der Waals surface area contributed by atoms with Gasteiger partial charge in [-0.3, -0.25) is 19.1 Å². The van der Waals surface area contributed by atoms with Gasteiger partial charge in [-0.2, -0.15) is 0 Å². The summed E-state index contributed by atoms with van der Waals surface area (Å²) in [6.45, 7) is 13.7. The number of carbonyl (C=O) groups excluding carboxylic acids is 2. The van der Waals surface area contributed by atoms with E-state index < -0.39 is 0 Å². The third-order valence-electron chi connectivity index (χ3n) is 7.84. The van der Waals surface area contributed by atoms with Crippen LogP contribution < -0.4 is 9.47 Å². The van der Waals surface area contributed by atoms with Gasteiger partial charge in [0, 0.05) is 29.6 Å². The fraction of sp³-hybridized carbons (Fsp3) is 0.389. The lowest BCUT2D eigenvalue weighted by Gasteiger charge is -2.29. The standard InChI is InChI=1S/C19H19NO3.C17H25NO/c1-2-17(21)20-18(22-15-9-5-3-6-10-15)13-14-19(20)23-16-11-7-4-8-12-16;1-5-16(19)18-14(13-9-7-6-8-10-13)11-12-15(18)17(2,3)4/h2-12,18-19H,1,13-14H2;5,11-13H,1,6-10H2,2-4H3. The van der Waals surface area contributed by atoms with E-state index in [4.69, 9.17) is 9.47 Å². The first-order chi connectivity index (χ1) is 20.2. The first-order valence-corrected chi connectivity index (χ1v) is 15.0. The Morgan fingerprint density at radius 3 is 1.67 bits per heavy atom. The van der Waals surface area contributed by atoms with Gasteiger partial charge in [0.15, 0.2) is 12.5 Å². The van der Waals surface area contributed by atoms with Crippen molar-refractivity contribution in [1.29, 1.82) is 0 Å². The maximum Gasteiger partial charge on any atom is 0.254 e. The molecule has 2 atom stereocenters. The van der Waals surface area contributed by atoms with Gasteiger partial charge in [-0.05, 0) is 67.3 Å². The molecule has 1 saturated heterocycles. The highest BCUT2D eigenvalue weighted by Crippen LogP contribution is 2.36. The minimum atomic E-state index is -0.350. The number of likely N-dealkylation sites (tertiary alicyclic amines) is 1. The Hall–Kier alpha value is -4.06. The average Bonchev–Trinajstić information content (AvgIpc) is 3.63. The molecule has 1 aliphatic carbocycles. The molecule has 1 aliphatic heterocycles. The maximum atomic E-state index is 12.3. The van der Waals surface area contributed by atoms with Gasteiger partial charge >= 0.3 is 0 Å². The number of hydrogen-bond acceptors (Lipinski definition) is 4. The summed E-state index contributed by atoms with van der Waals surface area (Å²) in [5.74, 6) is 1.83. The second-order valence-corrected chi connectivity index (χ2v) is 11.9. The van der Waals surface area contributed by atoms with Crippen LogP contribution in [0.3, 0.4) is 0 Å². The van der Waals surface area contributed by atoms with E-state index in [1.165, 1.54) is 50.0 Å². The minimum Gasteiger partial charge on any atom is -0.470 e. The summed E-state index contributed by atoms with van der Waals surface area (Å²) in [5, 5.41) is 0. The van der Waals surface area contributed by atoms with Crippen LogP contribution in [0.5, 0.6) is 11.5 Å². The van der Waals surface area contributed by atoms with Crippen LogP contribution in [0.25, 0.3) is 0 Å². The number of para-hydroxylation sites is 2. The predicted octanol–water partition coefficient (Wildman–Crippen LogP) is 8.26. The Balaban J connectivity index is 0.000000197. The van der Waals surface area contributed by atoms with Crippen molar-refractivity contribution in [2.45, 2.75) is 89.5 Å². The molecule has 1 aromatic heterocycles. The summed E-state index contributed by atoms with van der Waals surface area (Å²) in [6.07, 6.45) is 9.77. The average molecular weight is 569 g/mol. The summed E-state index contributed by atoms with van der Waals surface area (Å²) in [4.78, 5) is 26.1. The van der Waals surface area contributed by atoms with E-state index in [1.807, 2.05) is 65.2 Å². The molecule has 3 aromatic rings. The number of benzene rings is 2. The SMILES string of the molecule is C=CC(=O)N1C(Oc2ccccc2)CCC1Oc1ccccc1.C=CC(=O)n1c(C2CCCCC2)ccc1C(C)(C)C. The van der Waals surface area contributed by atoms with Gasteiger partial charge in [0.25, 0.3) is 11.8 Å². The molecule has 5 rings (SSSR count). The van der Waals surface area contributed by atoms with Gasteiger partial charge in [0.1, 0.15) is 11.5 Å². The van der Waals surface area contributed by atoms with E-state index >= 15 is 0 Å². The van der Waals surface area contributed by atoms with Crippen molar-refractivity contribution in [2.24, 2.45) is 0 Å². The second kappa shape index (κ2) is 14.2. The third-order valence-corrected chi connectivity index (χ3v) is 7.84. The molecule has 2 fully saturated rings. The van der Waals surface area contributed by atoms with Crippen molar-refractivity contribution in [3.05, 3.63) is 109 Å². The van der Waals surface area contributed by atoms with Crippen molar-refractivity contribution < 1.29 is 19.1 Å². The zero-order valence-corrected chi connectivity index (χ0v) is 25.2. The minimum absolute atomic E-state index is 0.00972. The van der Waals surface area contributed by atoms with E-state index in [0.717, 1.165) is 17.2 Å². The lowest BCUT2D eigenvalue weighted by molar-refractivity contribution is -0.140. The maximum absolute atomic E-state index is 12.3. The third kappa shape index (κ3) is 7.61. The molecule has 1 saturated carbocycles. The highest BCUT2D eigenvalue weighted by atomic mass is 16.5. The number of hydrogen-bond donors (Lipinski definition) is 0. The number of nitrogens with zero attached hydrogens (tertiary/aromatic N) is 2. The molecule has 2 heterocycles. The molecule has 2 unspecified atom stereocenters. The summed E-state index contributed by atoms with van der Waals surface area (Å²) in [5.41, 5.74) is 2.26. The number of aromatic nitrogens is 1. The molecular formula is C36H44N2O4. The van der Waals surface area contributed by atoms with Crippen LogP contribution in [0.2, 0.25) is 0 Å². The summed E-state index contributed by atoms with van der Waals surface area (Å²) in [6, 6.07) is 23.2. The zero-order valence-electron chi connectivity index (χ0n) is 25.2. The highest BCUT2D eigenvalue weighted by Gasteiger charge is 2.39. The molecule has 0 bridgehead atoms. The van der Waals surface area contributed by atoms with Crippen LogP contribution in [-0.4, -0.2) is 33.7 Å². The van der Waals surface area contributed by atoms with Crippen LogP contribution in [0, 0.1) is 0 Å². The Morgan fingerprint density at radius 2 is 1.21 bits per heavy atom. The molecule has 1 amide bonds. The van der Waals surface area contributed by atoms with E-state index in [9.17, 15) is 9.59 Å². The van der Waals surface area contributed by atoms with E-state index in [0.29, 0.717) is 18.8 Å². The molecule has 2 aliphatic rings. The van der Waals surface area contributed by atoms with Crippen LogP contribution in [-0.2, 0) is 10.2 Å². The zero-order chi connectivity index (χ0) is 30.1. The van der Waals surface area contributed by atoms with Gasteiger partial charge in [-0.1, -0.05) is 89.6 Å². The molecule has 0 radical (unpaired) electrons. The Morgan fingerprint density at radius 1 is 0.714 bits per heavy atom. The summed E-state index contributed by atoms with van der Waals surface area (Å²) >= 11 is 0. The normalized spacial score (nSPS) is 18.9. The van der Waals surface area contributed by atoms with E-state index in [2.05, 4.69) is 46.1 Å². The Kier molecular flexibility index (Phi) is 10.5. The first kappa shape index (κ1) is 30.9. The van der Waals surface area contributed by atoms with Crippen molar-refractivity contribution in [3.8, 4) is 11.5 Å². The van der Waals surface area contributed by atoms with Crippen molar-refractivity contribution in [1.82, 2.24) is 9.47 Å². The van der Waals surface area contributed by atoms with Crippen molar-refractivity contribution in [2.75, 3.05) is 0 Å². The number of ether oxygens (including phenoxy) is 2. The Labute approximate surface area is 250 Å². The number of allylic oxidation sites excluding steroid dienone is 1. The molecule has 0 spiro atoms. The van der Waals surface area contributed by atoms with Gasteiger partial charge in [0.2, 0.25) is 0 Å². The van der Waals surface area contributed by atoms with Crippen LogP contribution in [0.4, 0.5) is 0 Å². The van der Waals surface area contributed by atoms with Gasteiger partial charge in [-0.25, -0.2) is 0 Å². The van der Waals surface area contributed by atoms with E-state index in [1.54, 1.807) is 4.90 Å². The molecule has 2 aromatic carbocycles. The Bertz CT molecular complexity index is 1280. The fourth-order valence-corrected chi connectivity index (χ4v) is 5.77. The first-order valence-electron chi connectivity index (χ1n) is 15.0. The van der Waals surface area contributed by atoms with Crippen LogP contribution >= 0.6 is 0 Å². The molecule has 6 heteroatoms. The van der Waals surface area contributed by atoms with Gasteiger partial charge in [-0.15, -0.1) is 0 Å². The fourth-order valence-electron chi connectivity index (χ4n) is 5.77. The van der Waals surface area contributed by atoms with Crippen molar-refractivity contribution >= 4 is 11.8 Å². The monoisotopic (exact) mass is 568 g/mol. The molecule has 0 N–H and O–H groups in total. The van der Waals surface area contributed by atoms with Gasteiger partial charge in [0.05, 0.1) is 0 Å². The van der Waals surface area contributed by atoms with Gasteiger partial charge < -0.3 is 9.47 Å². The number of carbonyl (C=O) groups is 2. The topological polar surface area (TPSA) is 60.8 Å². The molecule has 222 valence electrons. The number of rotatable bonds is 7. The quantitative estimate of drug-likeness (QED) is 0.269. The molecule has 6 nitrogen and oxygen atoms in total. The number of amides is 1. The van der Waals surface area contributed by atoms with Crippen molar-refractivity contribution in [3.63, 3.8) is 0 Å². The molecular weight excluding hydrogens is 524 g/mol. The lowest BCUT2D eigenvalue weighted by atomic mass is 9.87. The summed E-state index contributed by atoms with van der Waals surface area (Å²) < 4.78 is 13.8. The second-order valence-electron chi connectivity index (χ2n) is 11.9. The van der Waals surface area contributed by atoms with E-state index in [-0.39, 0.29) is 29.7 Å². The largest absolute Gasteiger partial charge is 0.470 e. The smallest absolute Gasteiger partial charge is 0.254 e. The molecule has 42 heavy (non-hydrogen) atoms. The highest BCUT2D eigenvalue weighted by molar-refractivity contribution is 5.91. The van der Waals surface area contributed by atoms with Crippen LogP contribution in [0.15, 0.2) is 98.1 Å². The van der Waals surface area contributed by atoms with Crippen LogP contribution in [0.1, 0.15) is 87.8 Å². The summed E-state index contributed by atoms with van der Waals surface area (Å²) in [7, 11) is 0. The predicted molar refractivity (Wildman–Crippen MR) is 168 cm³/mol. The lowest BCUT2D eigenvalue weighted by Crippen LogP contribution is -2.45.